The molecule has 1 aliphatic heterocycles. The highest BCUT2D eigenvalue weighted by atomic mass is 16.1. The SMILES string of the molecule is NC(=O)[C@]1(c2ccccc2)CCNC1. The number of benzene rings is 1. The highest BCUT2D eigenvalue weighted by Crippen LogP contribution is 2.29. The predicted molar refractivity (Wildman–Crippen MR) is 54.8 cm³/mol. The van der Waals surface area contributed by atoms with E-state index in [0.717, 1.165) is 18.5 Å². The Bertz CT molecular complexity index is 328. The Morgan fingerprint density at radius 1 is 1.36 bits per heavy atom. The van der Waals surface area contributed by atoms with Gasteiger partial charge >= 0.3 is 0 Å². The fourth-order valence-corrected chi connectivity index (χ4v) is 2.05. The van der Waals surface area contributed by atoms with Crippen LogP contribution in [0.3, 0.4) is 0 Å². The van der Waals surface area contributed by atoms with Crippen molar-refractivity contribution in [1.29, 1.82) is 0 Å². The van der Waals surface area contributed by atoms with E-state index >= 15 is 0 Å². The first-order valence-electron chi connectivity index (χ1n) is 4.82. The van der Waals surface area contributed by atoms with E-state index in [-0.39, 0.29) is 5.91 Å². The smallest absolute Gasteiger partial charge is 0.229 e. The van der Waals surface area contributed by atoms with Gasteiger partial charge in [0.15, 0.2) is 0 Å². The van der Waals surface area contributed by atoms with Crippen LogP contribution in [0.2, 0.25) is 0 Å². The third kappa shape index (κ3) is 1.30. The standard InChI is InChI=1S/C11H14N2O/c12-10(14)11(6-7-13-8-11)9-4-2-1-3-5-9/h1-5,13H,6-8H2,(H2,12,14)/t11-/m1/s1. The van der Waals surface area contributed by atoms with Gasteiger partial charge in [-0.1, -0.05) is 30.3 Å². The fraction of sp³-hybridized carbons (Fsp3) is 0.364. The van der Waals surface area contributed by atoms with Gasteiger partial charge in [0.1, 0.15) is 0 Å². The number of nitrogens with two attached hydrogens (primary N) is 1. The lowest BCUT2D eigenvalue weighted by atomic mass is 9.79. The van der Waals surface area contributed by atoms with Crippen LogP contribution < -0.4 is 11.1 Å². The van der Waals surface area contributed by atoms with Crippen molar-refractivity contribution in [3.8, 4) is 0 Å². The van der Waals surface area contributed by atoms with Gasteiger partial charge in [-0.15, -0.1) is 0 Å². The molecule has 3 nitrogen and oxygen atoms in total. The molecule has 1 atom stereocenters. The van der Waals surface area contributed by atoms with Gasteiger partial charge in [0.2, 0.25) is 5.91 Å². The topological polar surface area (TPSA) is 55.1 Å². The molecule has 3 N–H and O–H groups in total. The normalized spacial score (nSPS) is 26.3. The van der Waals surface area contributed by atoms with Gasteiger partial charge in [0, 0.05) is 6.54 Å². The molecule has 1 aliphatic rings. The number of carbonyl (C=O) groups excluding carboxylic acids is 1. The number of hydrogen-bond acceptors (Lipinski definition) is 2. The van der Waals surface area contributed by atoms with E-state index in [1.807, 2.05) is 30.3 Å². The molecule has 0 spiro atoms. The first kappa shape index (κ1) is 9.21. The average molecular weight is 190 g/mol. The maximum absolute atomic E-state index is 11.5. The van der Waals surface area contributed by atoms with Gasteiger partial charge in [-0.05, 0) is 18.5 Å². The van der Waals surface area contributed by atoms with Crippen molar-refractivity contribution in [1.82, 2.24) is 5.32 Å². The number of nitrogens with one attached hydrogen (secondary N) is 1. The van der Waals surface area contributed by atoms with E-state index < -0.39 is 5.41 Å². The van der Waals surface area contributed by atoms with Crippen LogP contribution in [0.5, 0.6) is 0 Å². The van der Waals surface area contributed by atoms with Crippen LogP contribution >= 0.6 is 0 Å². The van der Waals surface area contributed by atoms with Crippen molar-refractivity contribution in [2.45, 2.75) is 11.8 Å². The number of primary amides is 1. The lowest BCUT2D eigenvalue weighted by Crippen LogP contribution is -2.42. The van der Waals surface area contributed by atoms with Crippen molar-refractivity contribution in [3.63, 3.8) is 0 Å². The molecule has 1 fully saturated rings. The quantitative estimate of drug-likeness (QED) is 0.709. The number of rotatable bonds is 2. The molecule has 0 unspecified atom stereocenters. The summed E-state index contributed by atoms with van der Waals surface area (Å²) in [5.74, 6) is -0.228. The van der Waals surface area contributed by atoms with Gasteiger partial charge in [0.25, 0.3) is 0 Å². The van der Waals surface area contributed by atoms with Crippen LogP contribution in [0.15, 0.2) is 30.3 Å². The summed E-state index contributed by atoms with van der Waals surface area (Å²) < 4.78 is 0. The minimum Gasteiger partial charge on any atom is -0.369 e. The summed E-state index contributed by atoms with van der Waals surface area (Å²) >= 11 is 0. The molecule has 2 rings (SSSR count). The Hall–Kier alpha value is -1.35. The number of hydrogen-bond donors (Lipinski definition) is 2. The van der Waals surface area contributed by atoms with Gasteiger partial charge in [0.05, 0.1) is 5.41 Å². The van der Waals surface area contributed by atoms with Crippen LogP contribution in [0.4, 0.5) is 0 Å². The summed E-state index contributed by atoms with van der Waals surface area (Å²) in [5, 5.41) is 3.19. The largest absolute Gasteiger partial charge is 0.369 e. The van der Waals surface area contributed by atoms with Crippen molar-refractivity contribution in [2.75, 3.05) is 13.1 Å². The Kier molecular flexibility index (Phi) is 2.25. The molecule has 1 saturated heterocycles. The van der Waals surface area contributed by atoms with Crippen molar-refractivity contribution >= 4 is 5.91 Å². The maximum Gasteiger partial charge on any atom is 0.229 e. The molecule has 74 valence electrons. The van der Waals surface area contributed by atoms with E-state index in [9.17, 15) is 4.79 Å². The molecule has 0 radical (unpaired) electrons. The van der Waals surface area contributed by atoms with E-state index in [2.05, 4.69) is 5.32 Å². The summed E-state index contributed by atoms with van der Waals surface area (Å²) in [6.45, 7) is 1.52. The third-order valence-corrected chi connectivity index (χ3v) is 2.95. The molecule has 1 aromatic rings. The number of amides is 1. The Balaban J connectivity index is 2.42. The molecule has 0 aliphatic carbocycles. The lowest BCUT2D eigenvalue weighted by Gasteiger charge is -2.24. The van der Waals surface area contributed by atoms with Crippen LogP contribution in [0.1, 0.15) is 12.0 Å². The molecule has 14 heavy (non-hydrogen) atoms. The Morgan fingerprint density at radius 3 is 2.57 bits per heavy atom. The minimum absolute atomic E-state index is 0.228. The molecule has 1 aromatic carbocycles. The first-order valence-corrected chi connectivity index (χ1v) is 4.82. The second kappa shape index (κ2) is 3.42. The highest BCUT2D eigenvalue weighted by Gasteiger charge is 2.40. The monoisotopic (exact) mass is 190 g/mol. The third-order valence-electron chi connectivity index (χ3n) is 2.95. The van der Waals surface area contributed by atoms with Crippen LogP contribution in [0.25, 0.3) is 0 Å². The van der Waals surface area contributed by atoms with Crippen molar-refractivity contribution in [3.05, 3.63) is 35.9 Å². The summed E-state index contributed by atoms with van der Waals surface area (Å²) in [4.78, 5) is 11.5. The first-order chi connectivity index (χ1) is 6.76. The fourth-order valence-electron chi connectivity index (χ4n) is 2.05. The zero-order valence-electron chi connectivity index (χ0n) is 7.99. The molecule has 1 amide bonds. The summed E-state index contributed by atoms with van der Waals surface area (Å²) in [7, 11) is 0. The van der Waals surface area contributed by atoms with Gasteiger partial charge in [-0.3, -0.25) is 4.79 Å². The zero-order valence-corrected chi connectivity index (χ0v) is 7.99. The predicted octanol–water partition coefficient (Wildman–Crippen LogP) is 0.403. The van der Waals surface area contributed by atoms with Gasteiger partial charge in [-0.2, -0.15) is 0 Å². The Morgan fingerprint density at radius 2 is 2.07 bits per heavy atom. The lowest BCUT2D eigenvalue weighted by molar-refractivity contribution is -0.122. The molecular weight excluding hydrogens is 176 g/mol. The summed E-state index contributed by atoms with van der Waals surface area (Å²) in [5.41, 5.74) is 6.03. The highest BCUT2D eigenvalue weighted by molar-refractivity contribution is 5.87. The summed E-state index contributed by atoms with van der Waals surface area (Å²) in [6.07, 6.45) is 0.798. The van der Waals surface area contributed by atoms with E-state index in [0.29, 0.717) is 6.54 Å². The molecule has 0 bridgehead atoms. The molecule has 0 saturated carbocycles. The molecule has 1 heterocycles. The molecule has 3 heteroatoms. The maximum atomic E-state index is 11.5. The second-order valence-corrected chi connectivity index (χ2v) is 3.74. The number of carbonyl (C=O) groups is 1. The molecular formula is C11H14N2O. The average Bonchev–Trinajstić information content (AvgIpc) is 2.69. The van der Waals surface area contributed by atoms with E-state index in [1.165, 1.54) is 0 Å². The minimum atomic E-state index is -0.485. The van der Waals surface area contributed by atoms with Crippen LogP contribution in [-0.4, -0.2) is 19.0 Å². The second-order valence-electron chi connectivity index (χ2n) is 3.74. The van der Waals surface area contributed by atoms with Gasteiger partial charge in [-0.25, -0.2) is 0 Å². The van der Waals surface area contributed by atoms with Crippen molar-refractivity contribution < 1.29 is 4.79 Å². The zero-order chi connectivity index (χ0) is 10.0. The van der Waals surface area contributed by atoms with E-state index in [1.54, 1.807) is 0 Å². The molecule has 0 aromatic heterocycles. The Labute approximate surface area is 83.3 Å². The van der Waals surface area contributed by atoms with Crippen molar-refractivity contribution in [2.24, 2.45) is 5.73 Å². The summed E-state index contributed by atoms with van der Waals surface area (Å²) in [6, 6.07) is 9.77. The van der Waals surface area contributed by atoms with Gasteiger partial charge < -0.3 is 11.1 Å². The van der Waals surface area contributed by atoms with Crippen LogP contribution in [-0.2, 0) is 10.2 Å². The van der Waals surface area contributed by atoms with E-state index in [4.69, 9.17) is 5.73 Å². The van der Waals surface area contributed by atoms with Crippen LogP contribution in [0, 0.1) is 0 Å².